The van der Waals surface area contributed by atoms with E-state index in [2.05, 4.69) is 17.6 Å². The zero-order valence-electron chi connectivity index (χ0n) is 15.9. The first-order valence-electron chi connectivity index (χ1n) is 9.81. The molecular weight excluding hydrogens is 368 g/mol. The Kier molecular flexibility index (Phi) is 5.53. The minimum absolute atomic E-state index is 0.0170. The third kappa shape index (κ3) is 4.14. The monoisotopic (exact) mass is 392 g/mol. The van der Waals surface area contributed by atoms with E-state index in [0.717, 1.165) is 22.6 Å². The fraction of sp³-hybridized carbons (Fsp3) is 0.304. The molecule has 4 nitrogen and oxygen atoms in total. The Morgan fingerprint density at radius 1 is 1.11 bits per heavy atom. The maximum absolute atomic E-state index is 12.6. The van der Waals surface area contributed by atoms with Crippen LogP contribution in [0.5, 0.6) is 0 Å². The Bertz CT molecular complexity index is 920. The van der Waals surface area contributed by atoms with Gasteiger partial charge in [0.2, 0.25) is 0 Å². The molecule has 1 heterocycles. The van der Waals surface area contributed by atoms with Crippen molar-refractivity contribution in [3.8, 4) is 0 Å². The van der Waals surface area contributed by atoms with Crippen LogP contribution in [0.15, 0.2) is 58.3 Å². The van der Waals surface area contributed by atoms with Crippen LogP contribution in [-0.4, -0.2) is 17.9 Å². The standard InChI is InChI=1S/C23H24N2O2S/c1-15-6-2-3-7-18(15)24-22(26)17-12-10-16(11-13-17)14-21-23(27)25-19-8-4-5-9-20(19)28-21/h4-5,8-15,18H,2-3,6-7H2,1H3,(H,24,26)(H,25,27)/b21-14+/t15-,18+/m0/s1. The lowest BCUT2D eigenvalue weighted by molar-refractivity contribution is -0.112. The summed E-state index contributed by atoms with van der Waals surface area (Å²) in [6.45, 7) is 2.21. The Morgan fingerprint density at radius 3 is 2.64 bits per heavy atom. The van der Waals surface area contributed by atoms with E-state index >= 15 is 0 Å². The van der Waals surface area contributed by atoms with Crippen molar-refractivity contribution in [2.75, 3.05) is 5.32 Å². The van der Waals surface area contributed by atoms with Crippen molar-refractivity contribution in [2.24, 2.45) is 5.92 Å². The average Bonchev–Trinajstić information content (AvgIpc) is 2.71. The zero-order valence-corrected chi connectivity index (χ0v) is 16.7. The fourth-order valence-electron chi connectivity index (χ4n) is 3.77. The number of anilines is 1. The summed E-state index contributed by atoms with van der Waals surface area (Å²) in [6, 6.07) is 15.5. The van der Waals surface area contributed by atoms with Crippen LogP contribution in [0.25, 0.3) is 6.08 Å². The van der Waals surface area contributed by atoms with E-state index in [0.29, 0.717) is 16.4 Å². The van der Waals surface area contributed by atoms with E-state index in [1.165, 1.54) is 31.0 Å². The normalized spacial score (nSPS) is 23.0. The summed E-state index contributed by atoms with van der Waals surface area (Å²) in [6.07, 6.45) is 6.55. The van der Waals surface area contributed by atoms with E-state index in [9.17, 15) is 9.59 Å². The summed E-state index contributed by atoms with van der Waals surface area (Å²) in [4.78, 5) is 26.6. The maximum Gasteiger partial charge on any atom is 0.262 e. The number of carbonyl (C=O) groups excluding carboxylic acids is 2. The Hall–Kier alpha value is -2.53. The number of hydrogen-bond acceptors (Lipinski definition) is 3. The van der Waals surface area contributed by atoms with Gasteiger partial charge in [0.25, 0.3) is 11.8 Å². The van der Waals surface area contributed by atoms with Crippen molar-refractivity contribution in [1.29, 1.82) is 0 Å². The Morgan fingerprint density at radius 2 is 1.86 bits per heavy atom. The van der Waals surface area contributed by atoms with Gasteiger partial charge >= 0.3 is 0 Å². The van der Waals surface area contributed by atoms with Gasteiger partial charge in [0.1, 0.15) is 0 Å². The number of para-hydroxylation sites is 1. The number of nitrogens with one attached hydrogen (secondary N) is 2. The maximum atomic E-state index is 12.6. The summed E-state index contributed by atoms with van der Waals surface area (Å²) in [7, 11) is 0. The van der Waals surface area contributed by atoms with Gasteiger partial charge in [-0.15, -0.1) is 0 Å². The highest BCUT2D eigenvalue weighted by Crippen LogP contribution is 2.38. The molecule has 1 aliphatic heterocycles. The average molecular weight is 393 g/mol. The second-order valence-electron chi connectivity index (χ2n) is 7.52. The zero-order chi connectivity index (χ0) is 19.5. The highest BCUT2D eigenvalue weighted by Gasteiger charge is 2.23. The van der Waals surface area contributed by atoms with Crippen molar-refractivity contribution in [2.45, 2.75) is 43.5 Å². The number of rotatable bonds is 3. The van der Waals surface area contributed by atoms with Gasteiger partial charge in [-0.2, -0.15) is 0 Å². The van der Waals surface area contributed by atoms with E-state index in [-0.39, 0.29) is 17.9 Å². The van der Waals surface area contributed by atoms with Crippen LogP contribution in [0, 0.1) is 5.92 Å². The van der Waals surface area contributed by atoms with Gasteiger partial charge in [0.15, 0.2) is 0 Å². The molecule has 0 saturated heterocycles. The molecule has 1 fully saturated rings. The molecule has 2 N–H and O–H groups in total. The summed E-state index contributed by atoms with van der Waals surface area (Å²) >= 11 is 1.46. The van der Waals surface area contributed by atoms with Crippen molar-refractivity contribution < 1.29 is 9.59 Å². The number of fused-ring (bicyclic) bond motifs is 1. The molecule has 28 heavy (non-hydrogen) atoms. The first kappa shape index (κ1) is 18.8. The van der Waals surface area contributed by atoms with Crippen molar-refractivity contribution in [1.82, 2.24) is 5.32 Å². The molecule has 4 rings (SSSR count). The molecule has 0 unspecified atom stereocenters. The van der Waals surface area contributed by atoms with Gasteiger partial charge < -0.3 is 10.6 Å². The van der Waals surface area contributed by atoms with Crippen molar-refractivity contribution in [3.05, 3.63) is 64.6 Å². The third-order valence-corrected chi connectivity index (χ3v) is 6.58. The minimum atomic E-state index is -0.100. The van der Waals surface area contributed by atoms with Crippen LogP contribution < -0.4 is 10.6 Å². The summed E-state index contributed by atoms with van der Waals surface area (Å²) < 4.78 is 0. The molecule has 1 saturated carbocycles. The molecule has 2 atom stereocenters. The lowest BCUT2D eigenvalue weighted by Crippen LogP contribution is -2.41. The van der Waals surface area contributed by atoms with Crippen LogP contribution in [-0.2, 0) is 4.79 Å². The second kappa shape index (κ2) is 8.23. The van der Waals surface area contributed by atoms with Gasteiger partial charge in [0.05, 0.1) is 10.6 Å². The van der Waals surface area contributed by atoms with E-state index in [1.807, 2.05) is 54.6 Å². The smallest absolute Gasteiger partial charge is 0.262 e. The molecule has 2 aromatic rings. The second-order valence-corrected chi connectivity index (χ2v) is 8.61. The Balaban J connectivity index is 1.45. The highest BCUT2D eigenvalue weighted by molar-refractivity contribution is 8.04. The Labute approximate surface area is 169 Å². The van der Waals surface area contributed by atoms with Crippen LogP contribution in [0.3, 0.4) is 0 Å². The molecule has 0 spiro atoms. The third-order valence-electron chi connectivity index (χ3n) is 5.48. The van der Waals surface area contributed by atoms with Gasteiger partial charge in [-0.3, -0.25) is 9.59 Å². The van der Waals surface area contributed by atoms with Crippen molar-refractivity contribution in [3.63, 3.8) is 0 Å². The van der Waals surface area contributed by atoms with Crippen molar-refractivity contribution >= 4 is 35.3 Å². The minimum Gasteiger partial charge on any atom is -0.349 e. The van der Waals surface area contributed by atoms with Gasteiger partial charge in [-0.05, 0) is 54.7 Å². The van der Waals surface area contributed by atoms with Gasteiger partial charge in [-0.25, -0.2) is 0 Å². The molecular formula is C23H24N2O2S. The highest BCUT2D eigenvalue weighted by atomic mass is 32.2. The topological polar surface area (TPSA) is 58.2 Å². The van der Waals surface area contributed by atoms with Gasteiger partial charge in [-0.1, -0.05) is 55.8 Å². The number of benzene rings is 2. The predicted octanol–water partition coefficient (Wildman–Crippen LogP) is 5.08. The first-order chi connectivity index (χ1) is 13.6. The lowest BCUT2D eigenvalue weighted by atomic mass is 9.86. The fourth-order valence-corrected chi connectivity index (χ4v) is 4.72. The lowest BCUT2D eigenvalue weighted by Gasteiger charge is -2.29. The summed E-state index contributed by atoms with van der Waals surface area (Å²) in [5.74, 6) is 0.417. The van der Waals surface area contributed by atoms with E-state index in [4.69, 9.17) is 0 Å². The molecule has 144 valence electrons. The quantitative estimate of drug-likeness (QED) is 0.716. The number of carbonyl (C=O) groups is 2. The van der Waals surface area contributed by atoms with Gasteiger partial charge in [0, 0.05) is 16.5 Å². The number of thioether (sulfide) groups is 1. The number of amides is 2. The molecule has 1 aliphatic carbocycles. The molecule has 2 aliphatic rings. The van der Waals surface area contributed by atoms with Crippen LogP contribution >= 0.6 is 11.8 Å². The molecule has 0 aromatic heterocycles. The summed E-state index contributed by atoms with van der Waals surface area (Å²) in [5.41, 5.74) is 2.41. The molecule has 2 amide bonds. The molecule has 0 bridgehead atoms. The van der Waals surface area contributed by atoms with Crippen LogP contribution in [0.1, 0.15) is 48.5 Å². The SMILES string of the molecule is C[C@H]1CCCC[C@H]1NC(=O)c1ccc(/C=C2/Sc3ccccc3NC2=O)cc1. The first-order valence-corrected chi connectivity index (χ1v) is 10.6. The predicted molar refractivity (Wildman–Crippen MR) is 114 cm³/mol. The largest absolute Gasteiger partial charge is 0.349 e. The molecule has 0 radical (unpaired) electrons. The van der Waals surface area contributed by atoms with E-state index in [1.54, 1.807) is 0 Å². The van der Waals surface area contributed by atoms with Crippen LogP contribution in [0.4, 0.5) is 5.69 Å². The molecule has 5 heteroatoms. The molecule has 2 aromatic carbocycles. The summed E-state index contributed by atoms with van der Waals surface area (Å²) in [5, 5.41) is 6.10. The van der Waals surface area contributed by atoms with Crippen LogP contribution in [0.2, 0.25) is 0 Å². The van der Waals surface area contributed by atoms with E-state index < -0.39 is 0 Å². The number of hydrogen-bond donors (Lipinski definition) is 2.